The van der Waals surface area contributed by atoms with Crippen LogP contribution in [0.15, 0.2) is 52.9 Å². The average Bonchev–Trinajstić information content (AvgIpc) is 3.13. The molecule has 2 aromatic carbocycles. The summed E-state index contributed by atoms with van der Waals surface area (Å²) in [6.07, 6.45) is 3.06. The minimum absolute atomic E-state index is 0.128. The number of fused-ring (bicyclic) bond motifs is 4. The second kappa shape index (κ2) is 6.54. The van der Waals surface area contributed by atoms with Gasteiger partial charge in [0.15, 0.2) is 11.5 Å². The first-order chi connectivity index (χ1) is 13.2. The summed E-state index contributed by atoms with van der Waals surface area (Å²) in [7, 11) is 0. The first-order valence-electron chi connectivity index (χ1n) is 9.81. The largest absolute Gasteiger partial charge is 0.452 e. The maximum absolute atomic E-state index is 12.9. The molecule has 3 saturated heterocycles. The van der Waals surface area contributed by atoms with Crippen molar-refractivity contribution in [2.75, 3.05) is 25.4 Å². The summed E-state index contributed by atoms with van der Waals surface area (Å²) < 4.78 is 6.07. The Labute approximate surface area is 158 Å². The normalized spacial score (nSPS) is 24.4. The Kier molecular flexibility index (Phi) is 4.01. The Hall–Kier alpha value is -2.59. The summed E-state index contributed by atoms with van der Waals surface area (Å²) >= 11 is 0. The van der Waals surface area contributed by atoms with Crippen LogP contribution in [0.3, 0.4) is 0 Å². The van der Waals surface area contributed by atoms with E-state index in [0.29, 0.717) is 24.0 Å². The number of piperidine rings is 3. The summed E-state index contributed by atoms with van der Waals surface area (Å²) in [6, 6.07) is 15.7. The van der Waals surface area contributed by atoms with E-state index in [0.717, 1.165) is 34.3 Å². The van der Waals surface area contributed by atoms with E-state index in [1.165, 1.54) is 25.9 Å². The minimum atomic E-state index is 0.128. The molecule has 0 spiro atoms. The van der Waals surface area contributed by atoms with E-state index in [1.807, 2.05) is 48.5 Å². The third-order valence-electron chi connectivity index (χ3n) is 6.26. The Morgan fingerprint density at radius 1 is 1.11 bits per heavy atom. The van der Waals surface area contributed by atoms with Crippen molar-refractivity contribution < 1.29 is 9.21 Å². The van der Waals surface area contributed by atoms with Crippen LogP contribution >= 0.6 is 0 Å². The van der Waals surface area contributed by atoms with Gasteiger partial charge in [0.2, 0.25) is 0 Å². The van der Waals surface area contributed by atoms with Crippen LogP contribution in [-0.2, 0) is 0 Å². The quantitative estimate of drug-likeness (QED) is 0.546. The number of para-hydroxylation sites is 1. The van der Waals surface area contributed by atoms with Gasteiger partial charge in [0, 0.05) is 29.6 Å². The summed E-state index contributed by atoms with van der Waals surface area (Å²) in [4.78, 5) is 15.4. The van der Waals surface area contributed by atoms with Gasteiger partial charge in [-0.25, -0.2) is 0 Å². The summed E-state index contributed by atoms with van der Waals surface area (Å²) in [6.45, 7) is 3.46. The summed E-state index contributed by atoms with van der Waals surface area (Å²) in [5.41, 5.74) is 9.40. The number of rotatable bonds is 4. The third-order valence-corrected chi connectivity index (χ3v) is 6.26. The molecular weight excluding hydrogens is 336 g/mol. The minimum Gasteiger partial charge on any atom is -0.452 e. The zero-order chi connectivity index (χ0) is 18.4. The molecule has 3 aliphatic heterocycles. The molecule has 4 nitrogen and oxygen atoms in total. The lowest BCUT2D eigenvalue weighted by Gasteiger charge is -2.44. The first-order valence-corrected chi connectivity index (χ1v) is 9.81. The number of Topliss-reactive ketones (excluding diaryl/α,β-unsaturated/α-hetero) is 1. The number of nitrogens with zero attached hydrogens (tertiary/aromatic N) is 1. The second-order valence-corrected chi connectivity index (χ2v) is 7.99. The molecule has 1 aromatic heterocycles. The van der Waals surface area contributed by atoms with Gasteiger partial charge in [-0.3, -0.25) is 4.79 Å². The lowest BCUT2D eigenvalue weighted by atomic mass is 9.76. The predicted molar refractivity (Wildman–Crippen MR) is 108 cm³/mol. The summed E-state index contributed by atoms with van der Waals surface area (Å²) in [5.74, 6) is 1.79. The van der Waals surface area contributed by atoms with Crippen LogP contribution in [0.5, 0.6) is 0 Å². The number of furan rings is 1. The smallest absolute Gasteiger partial charge is 0.198 e. The number of nitrogens with two attached hydrogens (primary N) is 1. The molecule has 0 unspecified atom stereocenters. The van der Waals surface area contributed by atoms with E-state index in [4.69, 9.17) is 10.2 Å². The fraction of sp³-hybridized carbons (Fsp3) is 0.348. The van der Waals surface area contributed by atoms with Crippen LogP contribution < -0.4 is 5.73 Å². The van der Waals surface area contributed by atoms with Crippen molar-refractivity contribution >= 4 is 22.4 Å². The Balaban J connectivity index is 1.44. The fourth-order valence-electron chi connectivity index (χ4n) is 4.79. The molecule has 138 valence electrons. The maximum atomic E-state index is 12.9. The van der Waals surface area contributed by atoms with Crippen LogP contribution in [0.1, 0.15) is 29.8 Å². The molecule has 0 amide bonds. The molecular formula is C23H24N2O2. The van der Waals surface area contributed by atoms with Gasteiger partial charge in [-0.2, -0.15) is 0 Å². The molecule has 0 aliphatic carbocycles. The Bertz CT molecular complexity index is 999. The zero-order valence-corrected chi connectivity index (χ0v) is 15.4. The molecule has 27 heavy (non-hydrogen) atoms. The van der Waals surface area contributed by atoms with Gasteiger partial charge in [0.1, 0.15) is 5.58 Å². The molecule has 0 saturated carbocycles. The standard InChI is InChI=1S/C23H24N2O2/c24-19-5-1-3-16(11-19)20-6-2-4-17-13-22(27-23(17)20)21(26)12-18-14-25-9-7-15(18)8-10-25/h1-6,11,13,15,18H,7-10,12,14,24H2/t18-/m0/s1. The van der Waals surface area contributed by atoms with Crippen molar-refractivity contribution in [3.05, 3.63) is 54.3 Å². The number of anilines is 1. The predicted octanol–water partition coefficient (Wildman–Crippen LogP) is 4.60. The van der Waals surface area contributed by atoms with E-state index in [2.05, 4.69) is 4.90 Å². The number of hydrogen-bond donors (Lipinski definition) is 1. The third kappa shape index (κ3) is 3.04. The van der Waals surface area contributed by atoms with Crippen molar-refractivity contribution in [2.45, 2.75) is 19.3 Å². The van der Waals surface area contributed by atoms with Gasteiger partial charge in [0.05, 0.1) is 0 Å². The van der Waals surface area contributed by atoms with Gasteiger partial charge < -0.3 is 15.1 Å². The molecule has 4 heterocycles. The van der Waals surface area contributed by atoms with E-state index in [9.17, 15) is 4.79 Å². The molecule has 0 radical (unpaired) electrons. The molecule has 3 fully saturated rings. The van der Waals surface area contributed by atoms with Crippen LogP contribution in [0, 0.1) is 11.8 Å². The van der Waals surface area contributed by atoms with Crippen molar-refractivity contribution in [3.8, 4) is 11.1 Å². The Morgan fingerprint density at radius 3 is 2.67 bits per heavy atom. The van der Waals surface area contributed by atoms with Crippen LogP contribution in [0.2, 0.25) is 0 Å². The Morgan fingerprint density at radius 2 is 1.93 bits per heavy atom. The number of carbonyl (C=O) groups is 1. The highest BCUT2D eigenvalue weighted by Crippen LogP contribution is 2.36. The van der Waals surface area contributed by atoms with E-state index in [-0.39, 0.29) is 5.78 Å². The van der Waals surface area contributed by atoms with Crippen molar-refractivity contribution in [1.82, 2.24) is 4.90 Å². The lowest BCUT2D eigenvalue weighted by molar-refractivity contribution is 0.0433. The van der Waals surface area contributed by atoms with Crippen LogP contribution in [0.4, 0.5) is 5.69 Å². The average molecular weight is 360 g/mol. The topological polar surface area (TPSA) is 59.5 Å². The fourth-order valence-corrected chi connectivity index (χ4v) is 4.79. The highest BCUT2D eigenvalue weighted by molar-refractivity contribution is 6.01. The highest BCUT2D eigenvalue weighted by atomic mass is 16.3. The van der Waals surface area contributed by atoms with Crippen LogP contribution in [0.25, 0.3) is 22.1 Å². The monoisotopic (exact) mass is 360 g/mol. The van der Waals surface area contributed by atoms with Gasteiger partial charge >= 0.3 is 0 Å². The highest BCUT2D eigenvalue weighted by Gasteiger charge is 2.35. The first kappa shape index (κ1) is 16.6. The second-order valence-electron chi connectivity index (χ2n) is 7.99. The molecule has 1 atom stereocenters. The number of ketones is 1. The van der Waals surface area contributed by atoms with Gasteiger partial charge in [-0.15, -0.1) is 0 Å². The molecule has 3 aromatic rings. The van der Waals surface area contributed by atoms with E-state index >= 15 is 0 Å². The van der Waals surface area contributed by atoms with Crippen molar-refractivity contribution in [1.29, 1.82) is 0 Å². The number of carbonyl (C=O) groups excluding carboxylic acids is 1. The zero-order valence-electron chi connectivity index (χ0n) is 15.4. The van der Waals surface area contributed by atoms with Gasteiger partial charge in [-0.05, 0) is 61.5 Å². The number of hydrogen-bond acceptors (Lipinski definition) is 4. The lowest BCUT2D eigenvalue weighted by Crippen LogP contribution is -2.47. The molecule has 3 aliphatic rings. The van der Waals surface area contributed by atoms with Gasteiger partial charge in [-0.1, -0.05) is 30.3 Å². The van der Waals surface area contributed by atoms with Crippen molar-refractivity contribution in [2.24, 2.45) is 11.8 Å². The molecule has 2 N–H and O–H groups in total. The van der Waals surface area contributed by atoms with E-state index < -0.39 is 0 Å². The maximum Gasteiger partial charge on any atom is 0.198 e. The SMILES string of the molecule is Nc1cccc(-c2cccc3cc(C(=O)C[C@H]4CN5CCC4CC5)oc23)c1. The molecule has 2 bridgehead atoms. The molecule has 4 heteroatoms. The number of benzene rings is 2. The molecule has 6 rings (SSSR count). The van der Waals surface area contributed by atoms with Crippen molar-refractivity contribution in [3.63, 3.8) is 0 Å². The number of nitrogen functional groups attached to an aromatic ring is 1. The summed E-state index contributed by atoms with van der Waals surface area (Å²) in [5, 5.41) is 0.965. The van der Waals surface area contributed by atoms with E-state index in [1.54, 1.807) is 0 Å². The van der Waals surface area contributed by atoms with Crippen LogP contribution in [-0.4, -0.2) is 30.3 Å². The van der Waals surface area contributed by atoms with Gasteiger partial charge in [0.25, 0.3) is 0 Å².